The maximum atomic E-state index is 12.8. The van der Waals surface area contributed by atoms with Gasteiger partial charge in [0.2, 0.25) is 0 Å². The third kappa shape index (κ3) is 4.46. The summed E-state index contributed by atoms with van der Waals surface area (Å²) in [4.78, 5) is 13.8. The van der Waals surface area contributed by atoms with Gasteiger partial charge in [0.1, 0.15) is 5.75 Å². The second-order valence-electron chi connectivity index (χ2n) is 6.10. The van der Waals surface area contributed by atoms with Gasteiger partial charge in [-0.3, -0.25) is 4.79 Å². The highest BCUT2D eigenvalue weighted by Crippen LogP contribution is 2.30. The Bertz CT molecular complexity index is 846. The second-order valence-corrected chi connectivity index (χ2v) is 8.11. The molecule has 1 amide bonds. The Morgan fingerprint density at radius 2 is 2.08 bits per heavy atom. The quantitative estimate of drug-likeness (QED) is 0.788. The van der Waals surface area contributed by atoms with Crippen molar-refractivity contribution in [3.05, 3.63) is 23.8 Å². The molecule has 0 saturated carbocycles. The number of halogens is 3. The average molecular weight is 390 g/mol. The van der Waals surface area contributed by atoms with Crippen LogP contribution in [0.1, 0.15) is 23.7 Å². The molecule has 10 heteroatoms. The van der Waals surface area contributed by atoms with E-state index in [0.717, 1.165) is 31.4 Å². The van der Waals surface area contributed by atoms with Crippen LogP contribution in [0.3, 0.4) is 0 Å². The van der Waals surface area contributed by atoms with Crippen LogP contribution in [0.4, 0.5) is 13.2 Å². The first-order chi connectivity index (χ1) is 11.9. The Balaban J connectivity index is 2.42. The molecule has 26 heavy (non-hydrogen) atoms. The van der Waals surface area contributed by atoms with Gasteiger partial charge in [-0.15, -0.1) is 0 Å². The number of likely N-dealkylation sites (tertiary alicyclic amines) is 1. The molecule has 142 valence electrons. The number of carbonyl (C=O) groups is 1. The van der Waals surface area contributed by atoms with E-state index in [-0.39, 0.29) is 35.2 Å². The van der Waals surface area contributed by atoms with Gasteiger partial charge in [-0.1, -0.05) is 0 Å². The summed E-state index contributed by atoms with van der Waals surface area (Å²) >= 11 is 0. The molecule has 1 heterocycles. The molecule has 0 spiro atoms. The van der Waals surface area contributed by atoms with E-state index in [1.807, 2.05) is 6.07 Å². The Labute approximate surface area is 149 Å². The van der Waals surface area contributed by atoms with Gasteiger partial charge >= 0.3 is 6.18 Å². The van der Waals surface area contributed by atoms with Crippen molar-refractivity contribution in [1.29, 1.82) is 5.26 Å². The molecular weight excluding hydrogens is 373 g/mol. The lowest BCUT2D eigenvalue weighted by atomic mass is 10.1. The van der Waals surface area contributed by atoms with Gasteiger partial charge in [0.25, 0.3) is 5.91 Å². The summed E-state index contributed by atoms with van der Waals surface area (Å²) in [7, 11) is -3.67. The topological polar surface area (TPSA) is 87.5 Å². The number of carbonyl (C=O) groups excluding carboxylic acids is 1. The summed E-state index contributed by atoms with van der Waals surface area (Å²) in [6, 6.07) is 5.18. The molecule has 1 fully saturated rings. The number of alkyl halides is 3. The maximum absolute atomic E-state index is 12.8. The van der Waals surface area contributed by atoms with E-state index < -0.39 is 28.0 Å². The first-order valence-electron chi connectivity index (χ1n) is 7.70. The summed E-state index contributed by atoms with van der Waals surface area (Å²) in [5.74, 6) is -1.39. The predicted octanol–water partition coefficient (Wildman–Crippen LogP) is 2.41. The number of rotatable bonds is 4. The van der Waals surface area contributed by atoms with E-state index in [4.69, 9.17) is 10.00 Å². The fraction of sp³-hybridized carbons (Fsp3) is 0.500. The summed E-state index contributed by atoms with van der Waals surface area (Å²) in [5.41, 5.74) is -0.275. The van der Waals surface area contributed by atoms with Crippen molar-refractivity contribution in [2.45, 2.75) is 30.5 Å². The number of nitrogens with zero attached hydrogens (tertiary/aromatic N) is 2. The Hall–Kier alpha value is -2.28. The standard InChI is InChI=1S/C16H17F3N2O4S/c1-10(16(17,18)19)25-14-4-3-12(26(2,23)24)7-13(14)15(22)21-6-5-11(8-20)9-21/h3-4,7,10-11H,5-6,9H2,1-2H3/t10-,11?/m0/s1. The zero-order chi connectivity index (χ0) is 19.7. The molecule has 1 aromatic rings. The van der Waals surface area contributed by atoms with Crippen LogP contribution in [0.15, 0.2) is 23.1 Å². The van der Waals surface area contributed by atoms with Crippen molar-refractivity contribution in [2.75, 3.05) is 19.3 Å². The average Bonchev–Trinajstić information content (AvgIpc) is 3.01. The monoisotopic (exact) mass is 390 g/mol. The molecule has 1 saturated heterocycles. The zero-order valence-electron chi connectivity index (χ0n) is 14.1. The van der Waals surface area contributed by atoms with E-state index in [0.29, 0.717) is 6.42 Å². The Morgan fingerprint density at radius 1 is 1.42 bits per heavy atom. The molecule has 1 aliphatic heterocycles. The van der Waals surface area contributed by atoms with Crippen molar-refractivity contribution in [3.8, 4) is 11.8 Å². The second kappa shape index (κ2) is 7.15. The van der Waals surface area contributed by atoms with Crippen LogP contribution in [0.5, 0.6) is 5.75 Å². The molecule has 2 atom stereocenters. The van der Waals surface area contributed by atoms with Crippen LogP contribution in [0.25, 0.3) is 0 Å². The third-order valence-electron chi connectivity index (χ3n) is 4.03. The fourth-order valence-electron chi connectivity index (χ4n) is 2.49. The summed E-state index contributed by atoms with van der Waals surface area (Å²) in [5, 5.41) is 8.93. The predicted molar refractivity (Wildman–Crippen MR) is 85.3 cm³/mol. The summed E-state index contributed by atoms with van der Waals surface area (Å²) in [6.07, 6.45) is -5.45. The van der Waals surface area contributed by atoms with Gasteiger partial charge in [-0.2, -0.15) is 18.4 Å². The van der Waals surface area contributed by atoms with Crippen LogP contribution < -0.4 is 4.74 Å². The van der Waals surface area contributed by atoms with E-state index in [1.165, 1.54) is 4.90 Å². The van der Waals surface area contributed by atoms with Crippen LogP contribution in [-0.4, -0.2) is 50.9 Å². The molecule has 0 bridgehead atoms. The molecule has 0 radical (unpaired) electrons. The van der Waals surface area contributed by atoms with Crippen molar-refractivity contribution < 1.29 is 31.1 Å². The minimum Gasteiger partial charge on any atom is -0.480 e. The first-order valence-corrected chi connectivity index (χ1v) is 9.59. The Kier molecular flexibility index (Phi) is 5.51. The van der Waals surface area contributed by atoms with Gasteiger partial charge in [-0.25, -0.2) is 8.42 Å². The minimum atomic E-state index is -4.64. The minimum absolute atomic E-state index is 0.132. The summed E-state index contributed by atoms with van der Waals surface area (Å²) < 4.78 is 66.7. The molecule has 1 aromatic carbocycles. The molecular formula is C16H17F3N2O4S. The number of amides is 1. The number of sulfone groups is 1. The lowest BCUT2D eigenvalue weighted by Gasteiger charge is -2.22. The highest BCUT2D eigenvalue weighted by Gasteiger charge is 2.39. The molecule has 0 aliphatic carbocycles. The fourth-order valence-corrected chi connectivity index (χ4v) is 3.13. The van der Waals surface area contributed by atoms with E-state index >= 15 is 0 Å². The van der Waals surface area contributed by atoms with Crippen LogP contribution in [0.2, 0.25) is 0 Å². The van der Waals surface area contributed by atoms with Crippen molar-refractivity contribution in [2.24, 2.45) is 5.92 Å². The van der Waals surface area contributed by atoms with Crippen molar-refractivity contribution in [1.82, 2.24) is 4.90 Å². The molecule has 2 rings (SSSR count). The van der Waals surface area contributed by atoms with Gasteiger partial charge in [0.05, 0.1) is 22.4 Å². The normalized spacial score (nSPS) is 19.1. The van der Waals surface area contributed by atoms with Gasteiger partial charge < -0.3 is 9.64 Å². The van der Waals surface area contributed by atoms with Crippen LogP contribution in [0, 0.1) is 17.2 Å². The maximum Gasteiger partial charge on any atom is 0.425 e. The highest BCUT2D eigenvalue weighted by molar-refractivity contribution is 7.90. The number of ether oxygens (including phenoxy) is 1. The van der Waals surface area contributed by atoms with Gasteiger partial charge in [0.15, 0.2) is 15.9 Å². The SMILES string of the molecule is C[C@H](Oc1ccc(S(C)(=O)=O)cc1C(=O)N1CCC(C#N)C1)C(F)(F)F. The van der Waals surface area contributed by atoms with Gasteiger partial charge in [0, 0.05) is 19.3 Å². The van der Waals surface area contributed by atoms with Crippen molar-refractivity contribution >= 4 is 15.7 Å². The smallest absolute Gasteiger partial charge is 0.425 e. The van der Waals surface area contributed by atoms with Crippen LogP contribution in [-0.2, 0) is 9.84 Å². The molecule has 0 aromatic heterocycles. The molecule has 1 unspecified atom stereocenters. The molecule has 6 nitrogen and oxygen atoms in total. The Morgan fingerprint density at radius 3 is 2.58 bits per heavy atom. The lowest BCUT2D eigenvalue weighted by molar-refractivity contribution is -0.189. The first kappa shape index (κ1) is 20.0. The van der Waals surface area contributed by atoms with Crippen molar-refractivity contribution in [3.63, 3.8) is 0 Å². The molecule has 1 aliphatic rings. The number of nitriles is 1. The van der Waals surface area contributed by atoms with Crippen LogP contribution >= 0.6 is 0 Å². The molecule has 0 N–H and O–H groups in total. The number of benzene rings is 1. The number of hydrogen-bond donors (Lipinski definition) is 0. The largest absolute Gasteiger partial charge is 0.480 e. The van der Waals surface area contributed by atoms with Gasteiger partial charge in [-0.05, 0) is 31.5 Å². The number of hydrogen-bond acceptors (Lipinski definition) is 5. The lowest BCUT2D eigenvalue weighted by Crippen LogP contribution is -2.33. The third-order valence-corrected chi connectivity index (χ3v) is 5.14. The van der Waals surface area contributed by atoms with E-state index in [9.17, 15) is 26.4 Å². The zero-order valence-corrected chi connectivity index (χ0v) is 14.9. The highest BCUT2D eigenvalue weighted by atomic mass is 32.2. The van der Waals surface area contributed by atoms with E-state index in [2.05, 4.69) is 0 Å². The summed E-state index contributed by atoms with van der Waals surface area (Å²) in [6.45, 7) is 1.18. The van der Waals surface area contributed by atoms with E-state index in [1.54, 1.807) is 0 Å².